The molecule has 0 saturated heterocycles. The van der Waals surface area contributed by atoms with Crippen molar-refractivity contribution < 1.29 is 28.5 Å². The Kier molecular flexibility index (Phi) is 14.5. The van der Waals surface area contributed by atoms with Crippen LogP contribution in [0.3, 0.4) is 0 Å². The van der Waals surface area contributed by atoms with E-state index in [1.54, 1.807) is 0 Å². The Labute approximate surface area is 332 Å². The summed E-state index contributed by atoms with van der Waals surface area (Å²) >= 11 is 0. The van der Waals surface area contributed by atoms with Crippen molar-refractivity contribution in [3.63, 3.8) is 0 Å². The van der Waals surface area contributed by atoms with E-state index in [4.69, 9.17) is 14.5 Å². The van der Waals surface area contributed by atoms with Crippen LogP contribution in [0.5, 0.6) is 17.2 Å². The Morgan fingerprint density at radius 3 is 1.31 bits per heavy atom. The smallest absolute Gasteiger partial charge is 0.168 e. The maximum Gasteiger partial charge on any atom is 0.168 e. The summed E-state index contributed by atoms with van der Waals surface area (Å²) in [5, 5.41) is 24.6. The third kappa shape index (κ3) is 10.7. The third-order valence-electron chi connectivity index (χ3n) is 10.3. The molecule has 7 heteroatoms. The Bertz CT molecular complexity index is 1640. The van der Waals surface area contributed by atoms with Gasteiger partial charge in [-0.2, -0.15) is 0 Å². The molecular formula is C48H71F2NO4. The van der Waals surface area contributed by atoms with Crippen LogP contribution < -0.4 is 9.47 Å². The van der Waals surface area contributed by atoms with Gasteiger partial charge in [0.1, 0.15) is 22.9 Å². The molecular weight excluding hydrogens is 693 g/mol. The second-order valence-corrected chi connectivity index (χ2v) is 19.8. The molecule has 3 aromatic carbocycles. The number of benzene rings is 3. The summed E-state index contributed by atoms with van der Waals surface area (Å²) in [4.78, 5) is 4.96. The number of phenolic OH excluding ortho intramolecular Hbond substituents is 1. The van der Waals surface area contributed by atoms with Crippen molar-refractivity contribution in [2.24, 2.45) is 10.9 Å². The number of aliphatic imine (C=N–C) groups is 1. The molecule has 0 aromatic heterocycles. The number of hydrogen-bond donors (Lipinski definition) is 2. The molecule has 3 aromatic rings. The predicted octanol–water partition coefficient (Wildman–Crippen LogP) is 12.6. The third-order valence-corrected chi connectivity index (χ3v) is 10.3. The minimum Gasteiger partial charge on any atom is -0.504 e. The van der Waals surface area contributed by atoms with Crippen LogP contribution >= 0.6 is 0 Å². The quantitative estimate of drug-likeness (QED) is 0.127. The minimum absolute atomic E-state index is 0.110. The molecule has 0 aliphatic rings. The fraction of sp³-hybridized carbons (Fsp3) is 0.604. The number of phenols is 1. The monoisotopic (exact) mass is 764 g/mol. The Morgan fingerprint density at radius 2 is 1.00 bits per heavy atom. The van der Waals surface area contributed by atoms with Crippen LogP contribution in [0.4, 0.5) is 8.78 Å². The molecule has 306 valence electrons. The van der Waals surface area contributed by atoms with E-state index in [-0.39, 0.29) is 33.1 Å². The van der Waals surface area contributed by atoms with Gasteiger partial charge in [-0.25, -0.2) is 8.78 Å². The average Bonchev–Trinajstić information content (AvgIpc) is 3.04. The zero-order valence-electron chi connectivity index (χ0n) is 36.9. The highest BCUT2D eigenvalue weighted by Crippen LogP contribution is 2.49. The van der Waals surface area contributed by atoms with E-state index in [9.17, 15) is 19.0 Å². The normalized spacial score (nSPS) is 13.9. The first-order valence-corrected chi connectivity index (χ1v) is 20.3. The first-order chi connectivity index (χ1) is 25.2. The number of rotatable bonds is 14. The van der Waals surface area contributed by atoms with Crippen molar-refractivity contribution in [1.29, 1.82) is 0 Å². The van der Waals surface area contributed by atoms with Gasteiger partial charge in [0.05, 0.1) is 19.3 Å². The molecule has 0 bridgehead atoms. The molecule has 3 rings (SSSR count). The zero-order valence-corrected chi connectivity index (χ0v) is 36.9. The second kappa shape index (κ2) is 17.4. The van der Waals surface area contributed by atoms with Gasteiger partial charge in [0.2, 0.25) is 0 Å². The molecule has 0 fully saturated rings. The van der Waals surface area contributed by atoms with Gasteiger partial charge in [0.25, 0.3) is 0 Å². The molecule has 0 spiro atoms. The largest absolute Gasteiger partial charge is 0.504 e. The standard InChI is InChI=1S/C48H71F2NO4/c1-17-19-21-54-41-35(44(5,6)7)24-32(25-36(41)45(8,9)10)48(53,43(30(3)4)51-29-31-23-34(49)28-39(50)40(31)52)33-26-37(46(11,12)13)42(55-22-20-18-2)38(27-33)47(14,15)16/h23-30,43,52-53H,17-22H2,1-16H3. The van der Waals surface area contributed by atoms with E-state index in [1.165, 1.54) is 6.21 Å². The van der Waals surface area contributed by atoms with Gasteiger partial charge < -0.3 is 19.7 Å². The van der Waals surface area contributed by atoms with Crippen molar-refractivity contribution >= 4 is 6.21 Å². The topological polar surface area (TPSA) is 71.3 Å². The summed E-state index contributed by atoms with van der Waals surface area (Å²) in [5.74, 6) is -1.24. The van der Waals surface area contributed by atoms with Crippen LogP contribution in [0.2, 0.25) is 0 Å². The number of aromatic hydroxyl groups is 1. The molecule has 0 aliphatic carbocycles. The maximum atomic E-state index is 14.6. The number of halogens is 2. The van der Waals surface area contributed by atoms with E-state index in [1.807, 2.05) is 13.8 Å². The highest BCUT2D eigenvalue weighted by atomic mass is 19.1. The highest BCUT2D eigenvalue weighted by Gasteiger charge is 2.46. The number of nitrogens with zero attached hydrogens (tertiary/aromatic N) is 1. The number of aliphatic hydroxyl groups is 1. The van der Waals surface area contributed by atoms with Gasteiger partial charge in [0.15, 0.2) is 11.6 Å². The Balaban J connectivity index is 2.67. The summed E-state index contributed by atoms with van der Waals surface area (Å²) in [6.45, 7) is 35.2. The van der Waals surface area contributed by atoms with Gasteiger partial charge in [-0.05, 0) is 81.9 Å². The van der Waals surface area contributed by atoms with Gasteiger partial charge in [-0.1, -0.05) is 124 Å². The lowest BCUT2D eigenvalue weighted by Crippen LogP contribution is -2.44. The lowest BCUT2D eigenvalue weighted by Gasteiger charge is -2.41. The van der Waals surface area contributed by atoms with Crippen molar-refractivity contribution in [1.82, 2.24) is 0 Å². The van der Waals surface area contributed by atoms with Gasteiger partial charge in [-0.3, -0.25) is 4.99 Å². The van der Waals surface area contributed by atoms with Crippen LogP contribution in [0, 0.1) is 17.6 Å². The lowest BCUT2D eigenvalue weighted by molar-refractivity contribution is 0.0359. The fourth-order valence-corrected chi connectivity index (χ4v) is 6.99. The molecule has 1 atom stereocenters. The molecule has 1 unspecified atom stereocenters. The fourth-order valence-electron chi connectivity index (χ4n) is 6.99. The summed E-state index contributed by atoms with van der Waals surface area (Å²) < 4.78 is 42.4. The van der Waals surface area contributed by atoms with E-state index in [0.29, 0.717) is 30.4 Å². The minimum atomic E-state index is -1.78. The Hall–Kier alpha value is -3.45. The number of hydrogen-bond acceptors (Lipinski definition) is 5. The Morgan fingerprint density at radius 1 is 0.636 bits per heavy atom. The molecule has 0 radical (unpaired) electrons. The second-order valence-electron chi connectivity index (χ2n) is 19.8. The first-order valence-electron chi connectivity index (χ1n) is 20.3. The summed E-state index contributed by atoms with van der Waals surface area (Å²) in [6.07, 6.45) is 5.10. The van der Waals surface area contributed by atoms with E-state index >= 15 is 0 Å². The summed E-state index contributed by atoms with van der Waals surface area (Å²) in [6, 6.07) is 9.09. The molecule has 2 N–H and O–H groups in total. The SMILES string of the molecule is CCCCOc1c(C(C)(C)C)cc(C(O)(c2cc(C(C)(C)C)c(OCCCC)c(C(C)(C)C)c2)C(N=Cc2cc(F)cc(F)c2O)C(C)C)cc1C(C)(C)C. The van der Waals surface area contributed by atoms with Crippen molar-refractivity contribution in [3.05, 3.63) is 87.0 Å². The molecule has 55 heavy (non-hydrogen) atoms. The maximum absolute atomic E-state index is 14.6. The average molecular weight is 764 g/mol. The predicted molar refractivity (Wildman–Crippen MR) is 226 cm³/mol. The summed E-state index contributed by atoms with van der Waals surface area (Å²) in [5.41, 5.74) is 1.75. The van der Waals surface area contributed by atoms with Crippen LogP contribution in [0.15, 0.2) is 41.4 Å². The number of unbranched alkanes of at least 4 members (excludes halogenated alkanes) is 2. The van der Waals surface area contributed by atoms with E-state index in [2.05, 4.69) is 121 Å². The number of ether oxygens (including phenoxy) is 2. The van der Waals surface area contributed by atoms with Gasteiger partial charge in [0, 0.05) is 40.1 Å². The van der Waals surface area contributed by atoms with Crippen LogP contribution in [-0.4, -0.2) is 35.7 Å². The molecule has 0 saturated carbocycles. The van der Waals surface area contributed by atoms with Gasteiger partial charge in [-0.15, -0.1) is 0 Å². The van der Waals surface area contributed by atoms with Crippen LogP contribution in [-0.2, 0) is 27.3 Å². The first kappa shape index (κ1) is 45.9. The van der Waals surface area contributed by atoms with Crippen molar-refractivity contribution in [2.75, 3.05) is 13.2 Å². The molecule has 0 aliphatic heterocycles. The zero-order chi connectivity index (χ0) is 41.9. The summed E-state index contributed by atoms with van der Waals surface area (Å²) in [7, 11) is 0. The van der Waals surface area contributed by atoms with E-state index in [0.717, 1.165) is 65.5 Å². The van der Waals surface area contributed by atoms with Gasteiger partial charge >= 0.3 is 0 Å². The molecule has 0 heterocycles. The molecule has 0 amide bonds. The van der Waals surface area contributed by atoms with Crippen molar-refractivity contribution in [2.45, 2.75) is 170 Å². The lowest BCUT2D eigenvalue weighted by atomic mass is 9.69. The van der Waals surface area contributed by atoms with Crippen LogP contribution in [0.1, 0.15) is 175 Å². The highest BCUT2D eigenvalue weighted by molar-refractivity contribution is 5.83. The van der Waals surface area contributed by atoms with E-state index < -0.39 is 29.0 Å². The van der Waals surface area contributed by atoms with Crippen molar-refractivity contribution in [3.8, 4) is 17.2 Å². The molecule has 5 nitrogen and oxygen atoms in total. The van der Waals surface area contributed by atoms with Crippen LogP contribution in [0.25, 0.3) is 0 Å².